The Labute approximate surface area is 152 Å². The highest BCUT2D eigenvalue weighted by molar-refractivity contribution is 5.81. The molecule has 0 aliphatic heterocycles. The lowest BCUT2D eigenvalue weighted by Gasteiger charge is -2.09. The standard InChI is InChI=1S/C21H20N4O/c1-4-16-6-8-17(9-7-16)26-21-18-12-24-25(20(18)22-13-23-21)19-10-5-14(2)11-15(19)3/h5-13H,4H2,1-3H3. The maximum absolute atomic E-state index is 5.99. The summed E-state index contributed by atoms with van der Waals surface area (Å²) in [6.45, 7) is 6.28. The molecule has 0 spiro atoms. The van der Waals surface area contributed by atoms with Crippen LogP contribution in [0.4, 0.5) is 0 Å². The molecule has 26 heavy (non-hydrogen) atoms. The van der Waals surface area contributed by atoms with E-state index < -0.39 is 0 Å². The molecule has 0 aliphatic rings. The summed E-state index contributed by atoms with van der Waals surface area (Å²) in [4.78, 5) is 8.72. The third-order valence-electron chi connectivity index (χ3n) is 4.46. The van der Waals surface area contributed by atoms with Crippen LogP contribution in [0, 0.1) is 13.8 Å². The number of ether oxygens (including phenoxy) is 1. The highest BCUT2D eigenvalue weighted by Gasteiger charge is 2.14. The van der Waals surface area contributed by atoms with E-state index in [0.717, 1.165) is 34.5 Å². The molecule has 0 radical (unpaired) electrons. The molecule has 0 atom stereocenters. The number of benzene rings is 2. The average molecular weight is 344 g/mol. The molecular formula is C21H20N4O. The normalized spacial score (nSPS) is 11.0. The van der Waals surface area contributed by atoms with Gasteiger partial charge in [0.15, 0.2) is 5.65 Å². The Hall–Kier alpha value is -3.21. The first kappa shape index (κ1) is 16.3. The van der Waals surface area contributed by atoms with Crippen molar-refractivity contribution in [2.45, 2.75) is 27.2 Å². The molecule has 0 amide bonds. The van der Waals surface area contributed by atoms with Crippen LogP contribution in [0.15, 0.2) is 55.0 Å². The summed E-state index contributed by atoms with van der Waals surface area (Å²) in [5.74, 6) is 1.26. The molecule has 0 fully saturated rings. The first-order chi connectivity index (χ1) is 12.7. The van der Waals surface area contributed by atoms with Gasteiger partial charge in [-0.2, -0.15) is 5.10 Å². The Morgan fingerprint density at radius 2 is 1.81 bits per heavy atom. The van der Waals surface area contributed by atoms with E-state index in [-0.39, 0.29) is 0 Å². The Bertz CT molecular complexity index is 1070. The number of aromatic nitrogens is 4. The second-order valence-electron chi connectivity index (χ2n) is 6.36. The summed E-state index contributed by atoms with van der Waals surface area (Å²) in [5, 5.41) is 5.30. The van der Waals surface area contributed by atoms with Gasteiger partial charge in [-0.25, -0.2) is 14.6 Å². The van der Waals surface area contributed by atoms with Crippen LogP contribution in [-0.4, -0.2) is 19.7 Å². The molecule has 5 nitrogen and oxygen atoms in total. The molecule has 5 heteroatoms. The van der Waals surface area contributed by atoms with E-state index in [1.165, 1.54) is 17.5 Å². The SMILES string of the molecule is CCc1ccc(Oc2ncnc3c2cnn3-c2ccc(C)cc2C)cc1. The van der Waals surface area contributed by atoms with Crippen molar-refractivity contribution in [3.63, 3.8) is 0 Å². The minimum absolute atomic E-state index is 0.510. The van der Waals surface area contributed by atoms with E-state index in [2.05, 4.69) is 66.2 Å². The monoisotopic (exact) mass is 344 g/mol. The summed E-state index contributed by atoms with van der Waals surface area (Å²) in [6, 6.07) is 14.3. The van der Waals surface area contributed by atoms with Crippen molar-refractivity contribution in [1.82, 2.24) is 19.7 Å². The molecule has 130 valence electrons. The topological polar surface area (TPSA) is 52.8 Å². The zero-order valence-corrected chi connectivity index (χ0v) is 15.1. The maximum atomic E-state index is 5.99. The van der Waals surface area contributed by atoms with E-state index in [0.29, 0.717) is 5.88 Å². The number of rotatable bonds is 4. The molecular weight excluding hydrogens is 324 g/mol. The smallest absolute Gasteiger partial charge is 0.233 e. The quantitative estimate of drug-likeness (QED) is 0.534. The predicted molar refractivity (Wildman–Crippen MR) is 102 cm³/mol. The lowest BCUT2D eigenvalue weighted by molar-refractivity contribution is 0.468. The summed E-state index contributed by atoms with van der Waals surface area (Å²) < 4.78 is 7.82. The predicted octanol–water partition coefficient (Wildman–Crippen LogP) is 4.79. The van der Waals surface area contributed by atoms with Gasteiger partial charge in [-0.1, -0.05) is 36.8 Å². The Morgan fingerprint density at radius 3 is 2.54 bits per heavy atom. The van der Waals surface area contributed by atoms with E-state index in [9.17, 15) is 0 Å². The fourth-order valence-electron chi connectivity index (χ4n) is 3.03. The van der Waals surface area contributed by atoms with Crippen molar-refractivity contribution < 1.29 is 4.74 Å². The molecule has 2 aromatic carbocycles. The van der Waals surface area contributed by atoms with Gasteiger partial charge in [-0.05, 0) is 49.6 Å². The van der Waals surface area contributed by atoms with Crippen LogP contribution >= 0.6 is 0 Å². The number of hydrogen-bond acceptors (Lipinski definition) is 4. The number of nitrogens with zero attached hydrogens (tertiary/aromatic N) is 4. The van der Waals surface area contributed by atoms with Crippen LogP contribution in [0.2, 0.25) is 0 Å². The van der Waals surface area contributed by atoms with Gasteiger partial charge in [0.1, 0.15) is 17.5 Å². The molecule has 2 aromatic heterocycles. The summed E-state index contributed by atoms with van der Waals surface area (Å²) in [6.07, 6.45) is 4.27. The van der Waals surface area contributed by atoms with Crippen LogP contribution in [0.5, 0.6) is 11.6 Å². The van der Waals surface area contributed by atoms with Crippen LogP contribution in [0.3, 0.4) is 0 Å². The minimum atomic E-state index is 0.510. The second kappa shape index (κ2) is 6.59. The van der Waals surface area contributed by atoms with Gasteiger partial charge in [-0.3, -0.25) is 0 Å². The third kappa shape index (κ3) is 2.92. The van der Waals surface area contributed by atoms with Crippen molar-refractivity contribution in [1.29, 1.82) is 0 Å². The third-order valence-corrected chi connectivity index (χ3v) is 4.46. The molecule has 4 aromatic rings. The molecule has 4 rings (SSSR count). The van der Waals surface area contributed by atoms with Gasteiger partial charge in [0.25, 0.3) is 0 Å². The van der Waals surface area contributed by atoms with E-state index in [1.807, 2.05) is 16.8 Å². The van der Waals surface area contributed by atoms with Gasteiger partial charge >= 0.3 is 0 Å². The zero-order valence-electron chi connectivity index (χ0n) is 15.1. The molecule has 0 aliphatic carbocycles. The molecule has 0 N–H and O–H groups in total. The number of hydrogen-bond donors (Lipinski definition) is 0. The maximum Gasteiger partial charge on any atom is 0.233 e. The first-order valence-electron chi connectivity index (χ1n) is 8.69. The molecule has 0 unspecified atom stereocenters. The van der Waals surface area contributed by atoms with E-state index >= 15 is 0 Å². The first-order valence-corrected chi connectivity index (χ1v) is 8.69. The fourth-order valence-corrected chi connectivity index (χ4v) is 3.03. The van der Waals surface area contributed by atoms with Gasteiger partial charge in [-0.15, -0.1) is 0 Å². The van der Waals surface area contributed by atoms with Crippen molar-refractivity contribution in [3.05, 3.63) is 71.7 Å². The van der Waals surface area contributed by atoms with Gasteiger partial charge in [0, 0.05) is 0 Å². The Kier molecular flexibility index (Phi) is 4.13. The fraction of sp³-hybridized carbons (Fsp3) is 0.190. The molecule has 2 heterocycles. The second-order valence-corrected chi connectivity index (χ2v) is 6.36. The summed E-state index contributed by atoms with van der Waals surface area (Å²) >= 11 is 0. The molecule has 0 saturated heterocycles. The molecule has 0 saturated carbocycles. The largest absolute Gasteiger partial charge is 0.438 e. The van der Waals surface area contributed by atoms with Gasteiger partial charge in [0.05, 0.1) is 11.9 Å². The zero-order chi connectivity index (χ0) is 18.1. The van der Waals surface area contributed by atoms with Crippen molar-refractivity contribution >= 4 is 11.0 Å². The van der Waals surface area contributed by atoms with Crippen molar-refractivity contribution in [2.24, 2.45) is 0 Å². The van der Waals surface area contributed by atoms with Crippen LogP contribution in [-0.2, 0) is 6.42 Å². The Balaban J connectivity index is 1.75. The summed E-state index contributed by atoms with van der Waals surface area (Å²) in [5.41, 5.74) is 5.37. The van der Waals surface area contributed by atoms with E-state index in [1.54, 1.807) is 6.20 Å². The van der Waals surface area contributed by atoms with E-state index in [4.69, 9.17) is 4.74 Å². The minimum Gasteiger partial charge on any atom is -0.438 e. The number of fused-ring (bicyclic) bond motifs is 1. The lowest BCUT2D eigenvalue weighted by atomic mass is 10.1. The van der Waals surface area contributed by atoms with Crippen molar-refractivity contribution in [2.75, 3.05) is 0 Å². The highest BCUT2D eigenvalue weighted by atomic mass is 16.5. The molecule has 0 bridgehead atoms. The Morgan fingerprint density at radius 1 is 1.00 bits per heavy atom. The van der Waals surface area contributed by atoms with Gasteiger partial charge in [0.2, 0.25) is 5.88 Å². The summed E-state index contributed by atoms with van der Waals surface area (Å²) in [7, 11) is 0. The van der Waals surface area contributed by atoms with Gasteiger partial charge < -0.3 is 4.74 Å². The van der Waals surface area contributed by atoms with Crippen LogP contribution in [0.1, 0.15) is 23.6 Å². The van der Waals surface area contributed by atoms with Crippen LogP contribution in [0.25, 0.3) is 16.7 Å². The number of aryl methyl sites for hydroxylation is 3. The lowest BCUT2D eigenvalue weighted by Crippen LogP contribution is -2.01. The highest BCUT2D eigenvalue weighted by Crippen LogP contribution is 2.28. The van der Waals surface area contributed by atoms with Crippen molar-refractivity contribution in [3.8, 4) is 17.3 Å². The average Bonchev–Trinajstić information content (AvgIpc) is 3.07. The van der Waals surface area contributed by atoms with Crippen LogP contribution < -0.4 is 4.74 Å².